The lowest BCUT2D eigenvalue weighted by molar-refractivity contribution is -0.466. The molecule has 5 nitrogen and oxygen atoms in total. The van der Waals surface area contributed by atoms with Crippen LogP contribution in [0.3, 0.4) is 0 Å². The van der Waals surface area contributed by atoms with Gasteiger partial charge in [0, 0.05) is 38.4 Å². The molecule has 0 bridgehead atoms. The van der Waals surface area contributed by atoms with Crippen molar-refractivity contribution in [3.05, 3.63) is 47.6 Å². The van der Waals surface area contributed by atoms with Crippen molar-refractivity contribution in [3.8, 4) is 0 Å². The van der Waals surface area contributed by atoms with E-state index in [4.69, 9.17) is 4.74 Å². The minimum atomic E-state index is 0.463. The lowest BCUT2D eigenvalue weighted by Crippen LogP contribution is -2.07. The van der Waals surface area contributed by atoms with E-state index in [1.807, 2.05) is 75.7 Å². The molecule has 0 saturated heterocycles. The van der Waals surface area contributed by atoms with Crippen LogP contribution >= 0.6 is 23.5 Å². The van der Waals surface area contributed by atoms with Gasteiger partial charge in [0.15, 0.2) is 5.71 Å². The van der Waals surface area contributed by atoms with Crippen LogP contribution in [0.15, 0.2) is 52.6 Å². The molecule has 0 atom stereocenters. The number of rotatable bonds is 7. The van der Waals surface area contributed by atoms with Gasteiger partial charge in [-0.3, -0.25) is 4.99 Å². The third kappa shape index (κ3) is 92.2. The molecule has 1 aliphatic carbocycles. The lowest BCUT2D eigenvalue weighted by atomic mass is 10.3. The van der Waals surface area contributed by atoms with E-state index in [1.165, 1.54) is 41.2 Å². The van der Waals surface area contributed by atoms with E-state index >= 15 is 0 Å². The Kier molecular flexibility index (Phi) is 61.0. The molecule has 0 N–H and O–H groups in total. The zero-order valence-corrected chi connectivity index (χ0v) is 35.8. The minimum Gasteiger partial charge on any atom is -0.502 e. The van der Waals surface area contributed by atoms with Crippen LogP contribution in [0.1, 0.15) is 123 Å². The Morgan fingerprint density at radius 1 is 0.800 bits per heavy atom. The summed E-state index contributed by atoms with van der Waals surface area (Å²) in [5.74, 6) is 2.69. The summed E-state index contributed by atoms with van der Waals surface area (Å²) < 4.78 is 13.7. The Balaban J connectivity index is -0.0000000746. The number of hydrogen-bond acceptors (Lipinski definition) is 5. The highest BCUT2D eigenvalue weighted by Crippen LogP contribution is 2.13. The Morgan fingerprint density at radius 3 is 1.20 bits per heavy atom. The largest absolute Gasteiger partial charge is 0.502 e. The molecule has 1 aliphatic rings. The van der Waals surface area contributed by atoms with E-state index in [0.717, 1.165) is 29.6 Å². The molecule has 0 amide bonds. The maximum atomic E-state index is 4.85. The van der Waals surface area contributed by atoms with Gasteiger partial charge in [-0.05, 0) is 97.0 Å². The maximum Gasteiger partial charge on any atom is 0.151 e. The number of aliphatic imine (C=N–C) groups is 1. The van der Waals surface area contributed by atoms with Gasteiger partial charge in [0.2, 0.25) is 0 Å². The number of nitrogens with zero attached hydrogens (tertiary/aromatic N) is 3. The first-order chi connectivity index (χ1) is 20.7. The predicted molar refractivity (Wildman–Crippen MR) is 219 cm³/mol. The first-order valence-electron chi connectivity index (χ1n) is 16.1. The number of allylic oxidation sites excluding steroid dienone is 4. The number of methoxy groups -OCH3 is 1. The monoisotopic (exact) mass is 676 g/mol. The second kappa shape index (κ2) is 46.7. The first-order valence-corrected chi connectivity index (χ1v) is 18.3. The van der Waals surface area contributed by atoms with Crippen molar-refractivity contribution in [3.63, 3.8) is 0 Å². The van der Waals surface area contributed by atoms with Crippen LogP contribution in [0.4, 0.5) is 0 Å². The molecule has 1 saturated carbocycles. The van der Waals surface area contributed by atoms with Gasteiger partial charge in [0.05, 0.1) is 25.2 Å². The lowest BCUT2D eigenvalue weighted by Gasteiger charge is -1.95. The molecule has 0 heterocycles. The molecular weight excluding hydrogens is 595 g/mol. The smallest absolute Gasteiger partial charge is 0.151 e. The normalized spacial score (nSPS) is 9.84. The van der Waals surface area contributed by atoms with E-state index in [1.54, 1.807) is 43.3 Å². The molecule has 1 rings (SSSR count). The second-order valence-electron chi connectivity index (χ2n) is 10.8. The number of hydrogen-bond donors (Lipinski definition) is 0. The summed E-state index contributed by atoms with van der Waals surface area (Å²) in [6.45, 7) is 43.1. The van der Waals surface area contributed by atoms with Crippen LogP contribution < -0.4 is 0 Å². The summed E-state index contributed by atoms with van der Waals surface area (Å²) in [5, 5.41) is 0. The van der Waals surface area contributed by atoms with Crippen molar-refractivity contribution in [2.45, 2.75) is 129 Å². The highest BCUT2D eigenvalue weighted by molar-refractivity contribution is 8.03. The Morgan fingerprint density at radius 2 is 1.16 bits per heavy atom. The van der Waals surface area contributed by atoms with Gasteiger partial charge in [0.1, 0.15) is 33.9 Å². The molecule has 0 unspecified atom stereocenters. The van der Waals surface area contributed by atoms with Gasteiger partial charge in [-0.1, -0.05) is 47.1 Å². The van der Waals surface area contributed by atoms with Crippen LogP contribution in [0.2, 0.25) is 0 Å². The Bertz CT molecular complexity index is 748. The molecule has 0 aromatic heterocycles. The average Bonchev–Trinajstić information content (AvgIpc) is 3.47. The molecule has 0 spiro atoms. The summed E-state index contributed by atoms with van der Waals surface area (Å²) in [6.07, 6.45) is 7.52. The fourth-order valence-corrected chi connectivity index (χ4v) is 2.73. The fourth-order valence-electron chi connectivity index (χ4n) is 2.24. The predicted octanol–water partition coefficient (Wildman–Crippen LogP) is 11.8. The average molecular weight is 676 g/mol. The summed E-state index contributed by atoms with van der Waals surface area (Å²) >= 11 is 3.48. The van der Waals surface area contributed by atoms with Gasteiger partial charge in [0.25, 0.3) is 0 Å². The van der Waals surface area contributed by atoms with Crippen molar-refractivity contribution < 1.29 is 18.6 Å². The van der Waals surface area contributed by atoms with Gasteiger partial charge >= 0.3 is 0 Å². The number of thioether (sulfide) groups is 2. The van der Waals surface area contributed by atoms with Crippen LogP contribution in [-0.4, -0.2) is 86.2 Å². The number of ether oxygens (including phenoxy) is 2. The summed E-state index contributed by atoms with van der Waals surface area (Å²) in [4.78, 5) is 6.57. The Labute approximate surface area is 293 Å². The van der Waals surface area contributed by atoms with Crippen molar-refractivity contribution in [2.75, 3.05) is 53.9 Å². The minimum absolute atomic E-state index is 0.463. The topological polar surface area (TPSA) is 36.8 Å². The summed E-state index contributed by atoms with van der Waals surface area (Å²) in [5.41, 5.74) is 4.13. The van der Waals surface area contributed by atoms with Gasteiger partial charge in [-0.15, -0.1) is 23.5 Å². The summed E-state index contributed by atoms with van der Waals surface area (Å²) in [6, 6.07) is 0.463. The van der Waals surface area contributed by atoms with Crippen molar-refractivity contribution in [1.82, 2.24) is 0 Å². The third-order valence-corrected chi connectivity index (χ3v) is 6.18. The molecule has 45 heavy (non-hydrogen) atoms. The van der Waals surface area contributed by atoms with E-state index in [-0.39, 0.29) is 0 Å². The molecule has 0 aromatic rings. The molecule has 0 aromatic carbocycles. The van der Waals surface area contributed by atoms with Crippen molar-refractivity contribution >= 4 is 40.7 Å². The van der Waals surface area contributed by atoms with Crippen molar-refractivity contribution in [2.24, 2.45) is 4.99 Å². The summed E-state index contributed by atoms with van der Waals surface area (Å²) in [7, 11) is 9.95. The van der Waals surface area contributed by atoms with Gasteiger partial charge in [-0.2, -0.15) is 0 Å². The SMILES string of the molecule is C=C(C)OC.C=C(C)OCC.C=C(C)SC.C=C(C)SCC.CC.CC(C)=NC(C)C.CC(C)=[N+](C)C.C[N+](C)=C1CCCC1. The van der Waals surface area contributed by atoms with E-state index in [0.29, 0.717) is 6.04 Å². The second-order valence-corrected chi connectivity index (χ2v) is 13.4. The molecule has 270 valence electrons. The quantitative estimate of drug-likeness (QED) is 0.153. The molecule has 1 fully saturated rings. The maximum absolute atomic E-state index is 4.85. The molecular formula is C38H81N3O2S2+2. The standard InChI is InChI=1S/C7H14N.C6H13N.C5H12N.C5H10O.C5H10S.C4H8O.C4H8S.C2H6/c1-8(2)7-5-3-4-6-7;1-5(2)7-6(3)4;1-5(2)6(3)4;2*1-4-6-5(2)3;2*1-4(2)5-3;1-2/h3-6H2,1-2H3;5H,1-4H3;1-4H3;2*2,4H2,1,3H3;2*1H2,2-3H3;1-2H3/q+1;;+1;;;;;. The highest BCUT2D eigenvalue weighted by Gasteiger charge is 2.13. The molecule has 0 radical (unpaired) electrons. The van der Waals surface area contributed by atoms with Gasteiger partial charge in [-0.25, -0.2) is 9.15 Å². The van der Waals surface area contributed by atoms with E-state index < -0.39 is 0 Å². The van der Waals surface area contributed by atoms with Crippen LogP contribution in [-0.2, 0) is 9.47 Å². The van der Waals surface area contributed by atoms with E-state index in [2.05, 4.69) is 93.9 Å². The Hall–Kier alpha value is -1.73. The van der Waals surface area contributed by atoms with E-state index in [9.17, 15) is 0 Å². The van der Waals surface area contributed by atoms with Crippen LogP contribution in [0, 0.1) is 0 Å². The molecule has 7 heteroatoms. The highest BCUT2D eigenvalue weighted by atomic mass is 32.2. The van der Waals surface area contributed by atoms with Crippen molar-refractivity contribution in [1.29, 1.82) is 0 Å². The zero-order chi connectivity index (χ0) is 37.6. The van der Waals surface area contributed by atoms with Crippen LogP contribution in [0.5, 0.6) is 0 Å². The molecule has 0 aliphatic heterocycles. The third-order valence-electron chi connectivity index (χ3n) is 4.70. The first kappa shape index (κ1) is 58.8. The van der Waals surface area contributed by atoms with Gasteiger partial charge < -0.3 is 9.47 Å². The van der Waals surface area contributed by atoms with Crippen LogP contribution in [0.25, 0.3) is 0 Å². The zero-order valence-electron chi connectivity index (χ0n) is 34.1. The fraction of sp³-hybridized carbons (Fsp3) is 0.711.